The van der Waals surface area contributed by atoms with Gasteiger partial charge in [-0.05, 0) is 67.3 Å². The zero-order valence-corrected chi connectivity index (χ0v) is 21.7. The Kier molecular flexibility index (Phi) is 5.51. The van der Waals surface area contributed by atoms with Crippen LogP contribution in [0.4, 0.5) is 0 Å². The summed E-state index contributed by atoms with van der Waals surface area (Å²) >= 11 is 8.05. The van der Waals surface area contributed by atoms with Gasteiger partial charge in [-0.3, -0.25) is 14.5 Å². The van der Waals surface area contributed by atoms with Crippen LogP contribution in [0.5, 0.6) is 0 Å². The first kappa shape index (κ1) is 23.1. The summed E-state index contributed by atoms with van der Waals surface area (Å²) in [4.78, 5) is 37.2. The zero-order valence-electron chi connectivity index (χ0n) is 20.1. The van der Waals surface area contributed by atoms with Crippen molar-refractivity contribution in [2.45, 2.75) is 59.1 Å². The summed E-state index contributed by atoms with van der Waals surface area (Å²) in [7, 11) is 0. The average molecular weight is 510 g/mol. The molecule has 2 unspecified atom stereocenters. The number of likely N-dealkylation sites (tertiary alicyclic amines) is 1. The molecule has 0 N–H and O–H groups in total. The molecule has 2 saturated heterocycles. The number of nitrogens with zero attached hydrogens (tertiary/aromatic N) is 3. The van der Waals surface area contributed by atoms with Gasteiger partial charge < -0.3 is 4.74 Å². The largest absolute Gasteiger partial charge is 0.378 e. The van der Waals surface area contributed by atoms with E-state index in [9.17, 15) is 9.59 Å². The molecular weight excluding hydrogens is 482 g/mol. The number of ether oxygens (including phenoxy) is 1. The normalized spacial score (nSPS) is 25.4. The number of amides is 2. The van der Waals surface area contributed by atoms with Crippen molar-refractivity contribution in [1.82, 2.24) is 14.9 Å². The van der Waals surface area contributed by atoms with Gasteiger partial charge in [0.05, 0.1) is 40.4 Å². The van der Waals surface area contributed by atoms with E-state index < -0.39 is 0 Å². The van der Waals surface area contributed by atoms with E-state index in [2.05, 4.69) is 16.9 Å². The van der Waals surface area contributed by atoms with Crippen molar-refractivity contribution in [1.29, 1.82) is 0 Å². The Morgan fingerprint density at radius 3 is 2.63 bits per heavy atom. The van der Waals surface area contributed by atoms with Gasteiger partial charge in [0.2, 0.25) is 11.8 Å². The number of thiophene rings is 1. The topological polar surface area (TPSA) is 72.4 Å². The SMILES string of the molecule is Cc1cc(Cl)cc(-c2ncnc3cc(CN4C(=O)C5C(C4=O)C5(C)C)sc23)c1C[C@@H]1CCCCO1. The number of benzene rings is 1. The molecule has 182 valence electrons. The maximum atomic E-state index is 12.8. The van der Waals surface area contributed by atoms with Crippen molar-refractivity contribution < 1.29 is 14.3 Å². The fourth-order valence-electron chi connectivity index (χ4n) is 5.94. The molecule has 1 aromatic carbocycles. The second kappa shape index (κ2) is 8.36. The van der Waals surface area contributed by atoms with Gasteiger partial charge in [0, 0.05) is 22.1 Å². The number of fused-ring (bicyclic) bond motifs is 2. The fraction of sp³-hybridized carbons (Fsp3) is 0.481. The predicted molar refractivity (Wildman–Crippen MR) is 136 cm³/mol. The first-order valence-electron chi connectivity index (χ1n) is 12.3. The minimum absolute atomic E-state index is 0.0472. The summed E-state index contributed by atoms with van der Waals surface area (Å²) in [5.74, 6) is -0.430. The van der Waals surface area contributed by atoms with Crippen LogP contribution in [0.25, 0.3) is 21.5 Å². The Morgan fingerprint density at radius 1 is 1.14 bits per heavy atom. The van der Waals surface area contributed by atoms with Crippen LogP contribution in [0.3, 0.4) is 0 Å². The van der Waals surface area contributed by atoms with E-state index in [0.29, 0.717) is 11.6 Å². The highest BCUT2D eigenvalue weighted by Gasteiger charge is 2.72. The lowest BCUT2D eigenvalue weighted by molar-refractivity contribution is -0.143. The molecule has 3 aromatic rings. The average Bonchev–Trinajstić information content (AvgIpc) is 3.07. The molecule has 3 aliphatic rings. The third kappa shape index (κ3) is 3.79. The van der Waals surface area contributed by atoms with Gasteiger partial charge in [0.25, 0.3) is 0 Å². The van der Waals surface area contributed by atoms with Crippen molar-refractivity contribution in [3.63, 3.8) is 0 Å². The lowest BCUT2D eigenvalue weighted by atomic mass is 9.92. The summed E-state index contributed by atoms with van der Waals surface area (Å²) in [5, 5.41) is 0.671. The Bertz CT molecular complexity index is 1340. The highest BCUT2D eigenvalue weighted by molar-refractivity contribution is 7.19. The van der Waals surface area contributed by atoms with Crippen molar-refractivity contribution in [2.24, 2.45) is 17.3 Å². The van der Waals surface area contributed by atoms with Crippen molar-refractivity contribution >= 4 is 45.0 Å². The molecule has 0 radical (unpaired) electrons. The minimum Gasteiger partial charge on any atom is -0.378 e. The number of aryl methyl sites for hydroxylation is 1. The molecule has 2 aliphatic heterocycles. The molecule has 1 aliphatic carbocycles. The summed E-state index contributed by atoms with van der Waals surface area (Å²) in [6, 6.07) is 5.96. The van der Waals surface area contributed by atoms with E-state index in [0.717, 1.165) is 57.8 Å². The molecule has 6 nitrogen and oxygen atoms in total. The van der Waals surface area contributed by atoms with Gasteiger partial charge >= 0.3 is 0 Å². The number of carbonyl (C=O) groups excluding carboxylic acids is 2. The third-order valence-electron chi connectivity index (χ3n) is 7.97. The molecule has 2 aromatic heterocycles. The maximum absolute atomic E-state index is 12.8. The number of hydrogen-bond donors (Lipinski definition) is 0. The first-order chi connectivity index (χ1) is 16.8. The van der Waals surface area contributed by atoms with Crippen LogP contribution in [0, 0.1) is 24.2 Å². The quantitative estimate of drug-likeness (QED) is 0.420. The van der Waals surface area contributed by atoms with E-state index in [1.54, 1.807) is 17.7 Å². The Morgan fingerprint density at radius 2 is 1.91 bits per heavy atom. The van der Waals surface area contributed by atoms with Crippen LogP contribution in [0.15, 0.2) is 24.5 Å². The van der Waals surface area contributed by atoms with Crippen LogP contribution in [-0.4, -0.2) is 39.4 Å². The molecule has 6 rings (SSSR count). The number of hydrogen-bond acceptors (Lipinski definition) is 6. The van der Waals surface area contributed by atoms with Crippen LogP contribution in [0.1, 0.15) is 49.1 Å². The molecule has 3 fully saturated rings. The second-order valence-electron chi connectivity index (χ2n) is 10.6. The molecule has 3 atom stereocenters. The summed E-state index contributed by atoms with van der Waals surface area (Å²) < 4.78 is 6.98. The predicted octanol–water partition coefficient (Wildman–Crippen LogP) is 5.57. The van der Waals surface area contributed by atoms with Gasteiger partial charge in [0.15, 0.2) is 0 Å². The number of halogens is 1. The monoisotopic (exact) mass is 509 g/mol. The molecule has 1 saturated carbocycles. The van der Waals surface area contributed by atoms with E-state index in [1.165, 1.54) is 16.9 Å². The summed E-state index contributed by atoms with van der Waals surface area (Å²) in [6.07, 6.45) is 5.95. The van der Waals surface area contributed by atoms with Crippen molar-refractivity contribution in [3.05, 3.63) is 45.6 Å². The molecule has 0 bridgehead atoms. The van der Waals surface area contributed by atoms with E-state index in [-0.39, 0.29) is 35.2 Å². The highest BCUT2D eigenvalue weighted by Crippen LogP contribution is 2.63. The molecule has 35 heavy (non-hydrogen) atoms. The van der Waals surface area contributed by atoms with E-state index in [4.69, 9.17) is 16.3 Å². The number of piperidine rings is 1. The Hall–Kier alpha value is -2.35. The van der Waals surface area contributed by atoms with E-state index >= 15 is 0 Å². The molecule has 4 heterocycles. The van der Waals surface area contributed by atoms with E-state index in [1.807, 2.05) is 32.0 Å². The van der Waals surface area contributed by atoms with Crippen LogP contribution in [0.2, 0.25) is 5.02 Å². The van der Waals surface area contributed by atoms with Gasteiger partial charge in [-0.1, -0.05) is 25.4 Å². The second-order valence-corrected chi connectivity index (χ2v) is 12.2. The Balaban J connectivity index is 1.35. The van der Waals surface area contributed by atoms with Crippen LogP contribution >= 0.6 is 22.9 Å². The molecule has 0 spiro atoms. The standard InChI is InChI=1S/C27H28ClN3O3S/c1-14-8-15(28)9-19(18(14)10-16-6-4-5-7-34-16)23-24-20(29-13-30-23)11-17(35-24)12-31-25(32)21-22(26(31)33)27(21,2)3/h8-9,11,13,16,21-22H,4-7,10,12H2,1-3H3/t16-,21?,22?/m0/s1. The smallest absolute Gasteiger partial charge is 0.234 e. The summed E-state index contributed by atoms with van der Waals surface area (Å²) in [6.45, 7) is 7.19. The first-order valence-corrected chi connectivity index (χ1v) is 13.4. The van der Waals surface area contributed by atoms with Gasteiger partial charge in [-0.25, -0.2) is 9.97 Å². The van der Waals surface area contributed by atoms with Gasteiger partial charge in [0.1, 0.15) is 6.33 Å². The highest BCUT2D eigenvalue weighted by atomic mass is 35.5. The van der Waals surface area contributed by atoms with Gasteiger partial charge in [-0.2, -0.15) is 0 Å². The van der Waals surface area contributed by atoms with Crippen LogP contribution < -0.4 is 0 Å². The maximum Gasteiger partial charge on any atom is 0.234 e. The Labute approximate surface area is 213 Å². The molecule has 8 heteroatoms. The van der Waals surface area contributed by atoms with Crippen molar-refractivity contribution in [2.75, 3.05) is 6.61 Å². The third-order valence-corrected chi connectivity index (χ3v) is 9.30. The summed E-state index contributed by atoms with van der Waals surface area (Å²) in [5.41, 5.74) is 4.78. The zero-order chi connectivity index (χ0) is 24.5. The number of carbonyl (C=O) groups is 2. The molecular formula is C27H28ClN3O3S. The minimum atomic E-state index is -0.202. The number of aromatic nitrogens is 2. The van der Waals surface area contributed by atoms with Gasteiger partial charge in [-0.15, -0.1) is 11.3 Å². The lowest BCUT2D eigenvalue weighted by Gasteiger charge is -2.24. The fourth-order valence-corrected chi connectivity index (χ4v) is 7.32. The molecule has 2 amide bonds. The lowest BCUT2D eigenvalue weighted by Crippen LogP contribution is -2.35. The van der Waals surface area contributed by atoms with Crippen LogP contribution in [-0.2, 0) is 27.3 Å². The van der Waals surface area contributed by atoms with Crippen molar-refractivity contribution in [3.8, 4) is 11.3 Å². The number of imide groups is 1. The number of rotatable bonds is 5.